The van der Waals surface area contributed by atoms with Crippen molar-refractivity contribution in [3.05, 3.63) is 30.2 Å². The topological polar surface area (TPSA) is 26.0 Å². The number of oxazole rings is 1. The molecule has 0 unspecified atom stereocenters. The predicted molar refractivity (Wildman–Crippen MR) is 51.5 cm³/mol. The maximum atomic E-state index is 5.53. The number of aryl methyl sites for hydroxylation is 1. The van der Waals surface area contributed by atoms with E-state index in [2.05, 4.69) is 18.0 Å². The van der Waals surface area contributed by atoms with Crippen LogP contribution in [0.5, 0.6) is 0 Å². The smallest absolute Gasteiger partial charge is 0.195 e. The summed E-state index contributed by atoms with van der Waals surface area (Å²) in [5.41, 5.74) is 1.78. The van der Waals surface area contributed by atoms with Gasteiger partial charge in [-0.1, -0.05) is 19.4 Å². The summed E-state index contributed by atoms with van der Waals surface area (Å²) in [7, 11) is 0. The van der Waals surface area contributed by atoms with E-state index in [-0.39, 0.29) is 0 Å². The molecule has 0 aliphatic carbocycles. The maximum Gasteiger partial charge on any atom is 0.195 e. The lowest BCUT2D eigenvalue weighted by molar-refractivity contribution is 0.517. The van der Waals surface area contributed by atoms with Crippen LogP contribution < -0.4 is 0 Å². The van der Waals surface area contributed by atoms with Crippen LogP contribution in [0.1, 0.15) is 25.7 Å². The van der Waals surface area contributed by atoms with E-state index in [0.717, 1.165) is 29.8 Å². The number of rotatable bonds is 3. The van der Waals surface area contributed by atoms with Crippen LogP contribution in [0.25, 0.3) is 11.1 Å². The summed E-state index contributed by atoms with van der Waals surface area (Å²) in [6.45, 7) is 2.16. The number of nitrogens with zero attached hydrogens (tertiary/aromatic N) is 1. The molecule has 0 aliphatic rings. The Morgan fingerprint density at radius 3 is 3.23 bits per heavy atom. The van der Waals surface area contributed by atoms with Crippen molar-refractivity contribution in [3.63, 3.8) is 0 Å². The van der Waals surface area contributed by atoms with Gasteiger partial charge in [-0.2, -0.15) is 0 Å². The Morgan fingerprint density at radius 2 is 2.46 bits per heavy atom. The van der Waals surface area contributed by atoms with Crippen molar-refractivity contribution >= 4 is 11.1 Å². The summed E-state index contributed by atoms with van der Waals surface area (Å²) < 4.78 is 5.53. The van der Waals surface area contributed by atoms with Crippen LogP contribution in [0.2, 0.25) is 0 Å². The molecule has 0 spiro atoms. The summed E-state index contributed by atoms with van der Waals surface area (Å²) in [5, 5.41) is 0. The van der Waals surface area contributed by atoms with Crippen LogP contribution >= 0.6 is 0 Å². The molecule has 2 heteroatoms. The van der Waals surface area contributed by atoms with Gasteiger partial charge >= 0.3 is 0 Å². The first kappa shape index (κ1) is 8.30. The number of benzene rings is 1. The average Bonchev–Trinajstić information content (AvgIpc) is 2.57. The normalized spacial score (nSPS) is 10.8. The third-order valence-electron chi connectivity index (χ3n) is 2.02. The van der Waals surface area contributed by atoms with E-state index in [1.807, 2.05) is 18.2 Å². The van der Waals surface area contributed by atoms with Gasteiger partial charge in [0.2, 0.25) is 0 Å². The van der Waals surface area contributed by atoms with Crippen LogP contribution in [0, 0.1) is 6.07 Å². The Kier molecular flexibility index (Phi) is 2.30. The summed E-state index contributed by atoms with van der Waals surface area (Å²) in [6, 6.07) is 8.58. The van der Waals surface area contributed by atoms with Crippen molar-refractivity contribution in [2.45, 2.75) is 26.2 Å². The molecule has 0 atom stereocenters. The minimum Gasteiger partial charge on any atom is -0.441 e. The van der Waals surface area contributed by atoms with Gasteiger partial charge in [-0.05, 0) is 24.6 Å². The molecule has 0 aliphatic heterocycles. The number of aromatic nitrogens is 1. The predicted octanol–water partition coefficient (Wildman–Crippen LogP) is 2.97. The zero-order valence-electron chi connectivity index (χ0n) is 7.71. The fraction of sp³-hybridized carbons (Fsp3) is 0.364. The van der Waals surface area contributed by atoms with Crippen molar-refractivity contribution in [1.29, 1.82) is 0 Å². The van der Waals surface area contributed by atoms with Crippen LogP contribution in [-0.2, 0) is 6.42 Å². The highest BCUT2D eigenvalue weighted by Crippen LogP contribution is 2.15. The highest BCUT2D eigenvalue weighted by molar-refractivity contribution is 5.71. The number of unbranched alkanes of at least 4 members (excludes halogenated alkanes) is 1. The van der Waals surface area contributed by atoms with Gasteiger partial charge in [-0.25, -0.2) is 4.98 Å². The van der Waals surface area contributed by atoms with Gasteiger partial charge in [-0.3, -0.25) is 0 Å². The monoisotopic (exact) mass is 174 g/mol. The second kappa shape index (κ2) is 3.60. The van der Waals surface area contributed by atoms with E-state index in [4.69, 9.17) is 4.42 Å². The summed E-state index contributed by atoms with van der Waals surface area (Å²) in [5.74, 6) is 0.844. The van der Waals surface area contributed by atoms with E-state index in [1.54, 1.807) is 0 Å². The van der Waals surface area contributed by atoms with Gasteiger partial charge < -0.3 is 4.42 Å². The number of hydrogen-bond donors (Lipinski definition) is 0. The first-order chi connectivity index (χ1) is 6.40. The fourth-order valence-corrected chi connectivity index (χ4v) is 1.30. The largest absolute Gasteiger partial charge is 0.441 e. The fourth-order valence-electron chi connectivity index (χ4n) is 1.30. The molecule has 0 saturated carbocycles. The summed E-state index contributed by atoms with van der Waals surface area (Å²) in [6.07, 6.45) is 3.24. The second-order valence-corrected chi connectivity index (χ2v) is 3.10. The molecule has 0 saturated heterocycles. The lowest BCUT2D eigenvalue weighted by Crippen LogP contribution is -1.82. The molecule has 1 aromatic carbocycles. The molecule has 0 N–H and O–H groups in total. The molecule has 67 valence electrons. The molecular weight excluding hydrogens is 162 g/mol. The van der Waals surface area contributed by atoms with Crippen molar-refractivity contribution < 1.29 is 4.42 Å². The standard InChI is InChI=1S/C11H12NO/c1-2-3-8-11-12-9-6-4-5-7-10(9)13-11/h4,6-7H,2-3,8H2,1H3. The minimum absolute atomic E-state index is 0.841. The van der Waals surface area contributed by atoms with Gasteiger partial charge in [0, 0.05) is 6.42 Å². The van der Waals surface area contributed by atoms with E-state index < -0.39 is 0 Å². The summed E-state index contributed by atoms with van der Waals surface area (Å²) >= 11 is 0. The van der Waals surface area contributed by atoms with E-state index in [1.165, 1.54) is 6.42 Å². The highest BCUT2D eigenvalue weighted by atomic mass is 16.3. The number of fused-ring (bicyclic) bond motifs is 1. The molecule has 0 amide bonds. The quantitative estimate of drug-likeness (QED) is 0.715. The highest BCUT2D eigenvalue weighted by Gasteiger charge is 2.02. The first-order valence-corrected chi connectivity index (χ1v) is 4.65. The zero-order chi connectivity index (χ0) is 9.10. The minimum atomic E-state index is 0.841. The Bertz CT molecular complexity index is 359. The van der Waals surface area contributed by atoms with Crippen molar-refractivity contribution in [1.82, 2.24) is 4.98 Å². The third kappa shape index (κ3) is 1.72. The molecule has 0 bridgehead atoms. The number of hydrogen-bond acceptors (Lipinski definition) is 2. The molecule has 2 aromatic rings. The van der Waals surface area contributed by atoms with Crippen LogP contribution in [0.3, 0.4) is 0 Å². The van der Waals surface area contributed by atoms with E-state index in [9.17, 15) is 0 Å². The van der Waals surface area contributed by atoms with Crippen molar-refractivity contribution in [3.8, 4) is 0 Å². The third-order valence-corrected chi connectivity index (χ3v) is 2.02. The lowest BCUT2D eigenvalue weighted by Gasteiger charge is -1.89. The van der Waals surface area contributed by atoms with Gasteiger partial charge in [0.15, 0.2) is 11.5 Å². The maximum absolute atomic E-state index is 5.53. The van der Waals surface area contributed by atoms with Gasteiger partial charge in [0.25, 0.3) is 0 Å². The molecule has 1 heterocycles. The molecule has 2 nitrogen and oxygen atoms in total. The molecule has 1 aromatic heterocycles. The van der Waals surface area contributed by atoms with Gasteiger partial charge in [-0.15, -0.1) is 0 Å². The van der Waals surface area contributed by atoms with E-state index >= 15 is 0 Å². The Morgan fingerprint density at radius 1 is 1.54 bits per heavy atom. The van der Waals surface area contributed by atoms with Crippen LogP contribution in [0.4, 0.5) is 0 Å². The Balaban J connectivity index is 2.28. The van der Waals surface area contributed by atoms with Crippen LogP contribution in [0.15, 0.2) is 22.6 Å². The van der Waals surface area contributed by atoms with E-state index in [0.29, 0.717) is 0 Å². The second-order valence-electron chi connectivity index (χ2n) is 3.10. The lowest BCUT2D eigenvalue weighted by atomic mass is 10.2. The Labute approximate surface area is 77.6 Å². The molecular formula is C11H12NO. The van der Waals surface area contributed by atoms with Gasteiger partial charge in [0.1, 0.15) is 5.52 Å². The van der Waals surface area contributed by atoms with Crippen molar-refractivity contribution in [2.24, 2.45) is 0 Å². The Hall–Kier alpha value is -1.31. The molecule has 1 radical (unpaired) electrons. The molecule has 13 heavy (non-hydrogen) atoms. The zero-order valence-corrected chi connectivity index (χ0v) is 7.71. The molecule has 2 rings (SSSR count). The molecule has 0 fully saturated rings. The van der Waals surface area contributed by atoms with Gasteiger partial charge in [0.05, 0.1) is 0 Å². The van der Waals surface area contributed by atoms with Crippen LogP contribution in [-0.4, -0.2) is 4.98 Å². The average molecular weight is 174 g/mol. The van der Waals surface area contributed by atoms with Crippen molar-refractivity contribution in [2.75, 3.05) is 0 Å². The first-order valence-electron chi connectivity index (χ1n) is 4.65. The summed E-state index contributed by atoms with van der Waals surface area (Å²) in [4.78, 5) is 4.36. The SMILES string of the molecule is CCCCc1nc2cc[c]cc2o1.